The van der Waals surface area contributed by atoms with Gasteiger partial charge in [0.15, 0.2) is 5.82 Å². The lowest BCUT2D eigenvalue weighted by Gasteiger charge is -2.06. The largest absolute Gasteiger partial charge is 0.339 e. The Hall–Kier alpha value is -1.69. The molecule has 0 saturated heterocycles. The highest BCUT2D eigenvalue weighted by Crippen LogP contribution is 2.00. The van der Waals surface area contributed by atoms with Crippen LogP contribution in [-0.4, -0.2) is 26.5 Å². The van der Waals surface area contributed by atoms with Gasteiger partial charge in [-0.3, -0.25) is 4.68 Å². The van der Waals surface area contributed by atoms with Crippen LogP contribution >= 0.6 is 0 Å². The van der Waals surface area contributed by atoms with Gasteiger partial charge >= 0.3 is 0 Å². The van der Waals surface area contributed by atoms with Gasteiger partial charge in [-0.25, -0.2) is 0 Å². The summed E-state index contributed by atoms with van der Waals surface area (Å²) in [5, 5.41) is 11.4. The molecule has 6 heteroatoms. The molecule has 0 radical (unpaired) electrons. The van der Waals surface area contributed by atoms with Crippen LogP contribution in [0.4, 0.5) is 0 Å². The molecule has 6 nitrogen and oxygen atoms in total. The molecule has 2 aromatic heterocycles. The lowest BCUT2D eigenvalue weighted by molar-refractivity contribution is 0.372. The number of aryl methyl sites for hydroxylation is 2. The number of hydrogen-bond donors (Lipinski definition) is 1. The van der Waals surface area contributed by atoms with E-state index in [-0.39, 0.29) is 0 Å². The zero-order valence-corrected chi connectivity index (χ0v) is 10.9. The molecule has 0 aliphatic heterocycles. The van der Waals surface area contributed by atoms with Gasteiger partial charge in [0.1, 0.15) is 0 Å². The molecule has 2 aromatic rings. The van der Waals surface area contributed by atoms with Crippen LogP contribution in [0, 0.1) is 6.92 Å². The van der Waals surface area contributed by atoms with Crippen LogP contribution in [0.5, 0.6) is 0 Å². The van der Waals surface area contributed by atoms with Crippen LogP contribution < -0.4 is 5.32 Å². The Bertz CT molecular complexity index is 476. The molecule has 0 fully saturated rings. The fourth-order valence-corrected chi connectivity index (χ4v) is 1.78. The Kier molecular flexibility index (Phi) is 4.46. The zero-order chi connectivity index (χ0) is 12.8. The van der Waals surface area contributed by atoms with Crippen LogP contribution in [-0.2, 0) is 19.5 Å². The highest BCUT2D eigenvalue weighted by Gasteiger charge is 2.03. The van der Waals surface area contributed by atoms with E-state index in [9.17, 15) is 0 Å². The molecule has 0 spiro atoms. The predicted octanol–water partition coefficient (Wildman–Crippen LogP) is 1.32. The zero-order valence-electron chi connectivity index (χ0n) is 10.9. The van der Waals surface area contributed by atoms with E-state index in [1.54, 1.807) is 0 Å². The first-order chi connectivity index (χ1) is 8.79. The van der Waals surface area contributed by atoms with Crippen molar-refractivity contribution in [2.24, 2.45) is 0 Å². The van der Waals surface area contributed by atoms with E-state index in [0.717, 1.165) is 32.5 Å². The first-order valence-corrected chi connectivity index (χ1v) is 6.30. The summed E-state index contributed by atoms with van der Waals surface area (Å²) in [4.78, 5) is 4.16. The molecule has 0 saturated carbocycles. The van der Waals surface area contributed by atoms with E-state index in [2.05, 4.69) is 27.5 Å². The van der Waals surface area contributed by atoms with Crippen molar-refractivity contribution in [2.75, 3.05) is 6.54 Å². The van der Waals surface area contributed by atoms with Crippen molar-refractivity contribution in [3.63, 3.8) is 0 Å². The van der Waals surface area contributed by atoms with Crippen LogP contribution in [0.15, 0.2) is 16.8 Å². The molecule has 18 heavy (non-hydrogen) atoms. The van der Waals surface area contributed by atoms with Gasteiger partial charge in [0.05, 0.1) is 5.69 Å². The average Bonchev–Trinajstić information content (AvgIpc) is 2.95. The summed E-state index contributed by atoms with van der Waals surface area (Å²) < 4.78 is 7.08. The van der Waals surface area contributed by atoms with Crippen molar-refractivity contribution < 1.29 is 4.52 Å². The molecular formula is C12H19N5O. The maximum Gasteiger partial charge on any atom is 0.227 e. The molecule has 0 unspecified atom stereocenters. The molecule has 98 valence electrons. The van der Waals surface area contributed by atoms with E-state index in [1.807, 2.05) is 23.9 Å². The minimum atomic E-state index is 0.682. The lowest BCUT2D eigenvalue weighted by Crippen LogP contribution is -2.19. The van der Waals surface area contributed by atoms with E-state index < -0.39 is 0 Å². The molecule has 0 atom stereocenters. The number of nitrogens with zero attached hydrogens (tertiary/aromatic N) is 4. The minimum Gasteiger partial charge on any atom is -0.339 e. The monoisotopic (exact) mass is 249 g/mol. The predicted molar refractivity (Wildman–Crippen MR) is 67.0 cm³/mol. The molecular weight excluding hydrogens is 230 g/mol. The first-order valence-electron chi connectivity index (χ1n) is 6.30. The third-order valence-corrected chi connectivity index (χ3v) is 2.63. The summed E-state index contributed by atoms with van der Waals surface area (Å²) in [6.07, 6.45) is 3.69. The Labute approximate surface area is 106 Å². The second kappa shape index (κ2) is 6.30. The maximum absolute atomic E-state index is 5.05. The second-order valence-electron chi connectivity index (χ2n) is 4.21. The van der Waals surface area contributed by atoms with Crippen molar-refractivity contribution in [2.45, 2.75) is 39.8 Å². The quantitative estimate of drug-likeness (QED) is 0.749. The summed E-state index contributed by atoms with van der Waals surface area (Å²) in [5.74, 6) is 1.37. The highest BCUT2D eigenvalue weighted by atomic mass is 16.5. The van der Waals surface area contributed by atoms with Crippen LogP contribution in [0.25, 0.3) is 0 Å². The normalized spacial score (nSPS) is 11.0. The standard InChI is InChI=1S/C12H19N5O/c1-3-8-17-11(4-7-14-17)9-13-6-5-12-15-10(2)16-18-12/h4,7,13H,3,5-6,8-9H2,1-2H3. The molecule has 2 heterocycles. The lowest BCUT2D eigenvalue weighted by atomic mass is 10.3. The number of hydrogen-bond acceptors (Lipinski definition) is 5. The minimum absolute atomic E-state index is 0.682. The third kappa shape index (κ3) is 3.40. The second-order valence-corrected chi connectivity index (χ2v) is 4.21. The number of aromatic nitrogens is 4. The van der Waals surface area contributed by atoms with Crippen LogP contribution in [0.1, 0.15) is 30.8 Å². The Morgan fingerprint density at radius 2 is 2.33 bits per heavy atom. The third-order valence-electron chi connectivity index (χ3n) is 2.63. The SMILES string of the molecule is CCCn1nccc1CNCCc1nc(C)no1. The van der Waals surface area contributed by atoms with E-state index in [1.165, 1.54) is 5.69 Å². The van der Waals surface area contributed by atoms with Crippen molar-refractivity contribution in [1.82, 2.24) is 25.2 Å². The molecule has 0 aromatic carbocycles. The smallest absolute Gasteiger partial charge is 0.227 e. The molecule has 2 rings (SSSR count). The number of rotatable bonds is 7. The Morgan fingerprint density at radius 1 is 1.44 bits per heavy atom. The summed E-state index contributed by atoms with van der Waals surface area (Å²) in [7, 11) is 0. The van der Waals surface area contributed by atoms with Gasteiger partial charge in [0, 0.05) is 32.3 Å². The van der Waals surface area contributed by atoms with Gasteiger partial charge in [0.25, 0.3) is 0 Å². The van der Waals surface area contributed by atoms with Gasteiger partial charge in [-0.15, -0.1) is 0 Å². The van der Waals surface area contributed by atoms with Crippen molar-refractivity contribution in [3.05, 3.63) is 29.7 Å². The highest BCUT2D eigenvalue weighted by molar-refractivity contribution is 5.00. The van der Waals surface area contributed by atoms with Crippen LogP contribution in [0.2, 0.25) is 0 Å². The fourth-order valence-electron chi connectivity index (χ4n) is 1.78. The van der Waals surface area contributed by atoms with Crippen molar-refractivity contribution in [1.29, 1.82) is 0 Å². The summed E-state index contributed by atoms with van der Waals surface area (Å²) in [6.45, 7) is 6.57. The van der Waals surface area contributed by atoms with Crippen LogP contribution in [0.3, 0.4) is 0 Å². The molecule has 0 aliphatic carbocycles. The van der Waals surface area contributed by atoms with E-state index in [4.69, 9.17) is 4.52 Å². The van der Waals surface area contributed by atoms with Gasteiger partial charge in [-0.2, -0.15) is 10.1 Å². The molecule has 0 aliphatic rings. The van der Waals surface area contributed by atoms with E-state index >= 15 is 0 Å². The first kappa shape index (κ1) is 12.8. The fraction of sp³-hybridized carbons (Fsp3) is 0.583. The Morgan fingerprint density at radius 3 is 3.06 bits per heavy atom. The molecule has 1 N–H and O–H groups in total. The Balaban J connectivity index is 1.73. The van der Waals surface area contributed by atoms with Gasteiger partial charge in [-0.05, 0) is 19.4 Å². The maximum atomic E-state index is 5.05. The van der Waals surface area contributed by atoms with Crippen molar-refractivity contribution >= 4 is 0 Å². The van der Waals surface area contributed by atoms with Gasteiger partial charge in [-0.1, -0.05) is 12.1 Å². The van der Waals surface area contributed by atoms with Gasteiger partial charge in [0.2, 0.25) is 5.89 Å². The molecule has 0 amide bonds. The molecule has 0 bridgehead atoms. The summed E-state index contributed by atoms with van der Waals surface area (Å²) in [6, 6.07) is 2.04. The van der Waals surface area contributed by atoms with E-state index in [0.29, 0.717) is 11.7 Å². The summed E-state index contributed by atoms with van der Waals surface area (Å²) >= 11 is 0. The summed E-state index contributed by atoms with van der Waals surface area (Å²) in [5.41, 5.74) is 1.21. The number of nitrogens with one attached hydrogen (secondary N) is 1. The van der Waals surface area contributed by atoms with Crippen molar-refractivity contribution in [3.8, 4) is 0 Å². The topological polar surface area (TPSA) is 68.8 Å². The average molecular weight is 249 g/mol. The van der Waals surface area contributed by atoms with Gasteiger partial charge < -0.3 is 9.84 Å².